The molecule has 1 fully saturated rings. The van der Waals surface area contributed by atoms with Gasteiger partial charge in [-0.15, -0.1) is 0 Å². The van der Waals surface area contributed by atoms with Crippen LogP contribution in [0.25, 0.3) is 0 Å². The lowest BCUT2D eigenvalue weighted by Crippen LogP contribution is -2.58. The van der Waals surface area contributed by atoms with Crippen LogP contribution in [0.3, 0.4) is 0 Å². The van der Waals surface area contributed by atoms with Crippen LogP contribution in [0.4, 0.5) is 0 Å². The minimum Gasteiger partial charge on any atom is -0.379 e. The molecule has 0 saturated carbocycles. The molecule has 3 N–H and O–H groups in total. The Balaban J connectivity index is 2.18. The van der Waals surface area contributed by atoms with Crippen molar-refractivity contribution in [3.8, 4) is 0 Å². The molecule has 1 saturated heterocycles. The third-order valence-corrected chi connectivity index (χ3v) is 2.70. The average Bonchev–Trinajstić information content (AvgIpc) is 2.11. The number of carbonyl (C=O) groups excluding carboxylic acids is 1. The normalized spacial score (nSPS) is 18.7. The van der Waals surface area contributed by atoms with Gasteiger partial charge in [0, 0.05) is 13.1 Å². The second kappa shape index (κ2) is 5.44. The Hall–Kier alpha value is -0.650. The van der Waals surface area contributed by atoms with Crippen LogP contribution >= 0.6 is 0 Å². The van der Waals surface area contributed by atoms with E-state index in [1.165, 1.54) is 0 Å². The molecule has 1 aliphatic heterocycles. The lowest BCUT2D eigenvalue weighted by molar-refractivity contribution is -0.159. The first-order valence-electron chi connectivity index (χ1n) is 5.31. The van der Waals surface area contributed by atoms with Crippen LogP contribution in [0.2, 0.25) is 0 Å². The van der Waals surface area contributed by atoms with E-state index < -0.39 is 5.41 Å². The van der Waals surface area contributed by atoms with Crippen LogP contribution in [-0.4, -0.2) is 57.8 Å². The first kappa shape index (κ1) is 12.4. The van der Waals surface area contributed by atoms with Gasteiger partial charge in [0.05, 0.1) is 13.2 Å². The van der Waals surface area contributed by atoms with E-state index in [2.05, 4.69) is 10.2 Å². The highest BCUT2D eigenvalue weighted by Crippen LogP contribution is 2.25. The molecule has 1 heterocycles. The van der Waals surface area contributed by atoms with E-state index >= 15 is 0 Å². The fourth-order valence-corrected chi connectivity index (χ4v) is 1.47. The SMILES string of the molecule is CN(C)CCCNC(=O)C1(CN)COC1. The highest BCUT2D eigenvalue weighted by atomic mass is 16.5. The molecule has 0 radical (unpaired) electrons. The number of hydrogen-bond donors (Lipinski definition) is 2. The first-order chi connectivity index (χ1) is 7.10. The molecule has 0 aliphatic carbocycles. The molecule has 0 spiro atoms. The molecule has 0 aromatic carbocycles. The number of nitrogens with zero attached hydrogens (tertiary/aromatic N) is 1. The summed E-state index contributed by atoms with van der Waals surface area (Å²) in [6.45, 7) is 2.98. The van der Waals surface area contributed by atoms with E-state index in [0.717, 1.165) is 13.0 Å². The van der Waals surface area contributed by atoms with Gasteiger partial charge >= 0.3 is 0 Å². The summed E-state index contributed by atoms with van der Waals surface area (Å²) in [6.07, 6.45) is 0.959. The molecule has 15 heavy (non-hydrogen) atoms. The Kier molecular flexibility index (Phi) is 4.50. The second-order valence-electron chi connectivity index (χ2n) is 4.39. The summed E-state index contributed by atoms with van der Waals surface area (Å²) in [5.74, 6) is 0.0370. The summed E-state index contributed by atoms with van der Waals surface area (Å²) in [5, 5.41) is 2.91. The molecule has 1 amide bonds. The maximum Gasteiger partial charge on any atom is 0.232 e. The van der Waals surface area contributed by atoms with Gasteiger partial charge in [0.1, 0.15) is 5.41 Å². The number of carbonyl (C=O) groups is 1. The molecule has 5 nitrogen and oxygen atoms in total. The van der Waals surface area contributed by atoms with Crippen molar-refractivity contribution < 1.29 is 9.53 Å². The summed E-state index contributed by atoms with van der Waals surface area (Å²) in [6, 6.07) is 0. The molecule has 1 rings (SSSR count). The van der Waals surface area contributed by atoms with Crippen molar-refractivity contribution in [2.24, 2.45) is 11.1 Å². The van der Waals surface area contributed by atoms with Gasteiger partial charge < -0.3 is 20.7 Å². The maximum absolute atomic E-state index is 11.7. The summed E-state index contributed by atoms with van der Waals surface area (Å²) < 4.78 is 5.05. The Morgan fingerprint density at radius 3 is 2.60 bits per heavy atom. The van der Waals surface area contributed by atoms with Crippen LogP contribution in [0.1, 0.15) is 6.42 Å². The fourth-order valence-electron chi connectivity index (χ4n) is 1.47. The van der Waals surface area contributed by atoms with Crippen molar-refractivity contribution in [3.05, 3.63) is 0 Å². The number of nitrogens with two attached hydrogens (primary N) is 1. The van der Waals surface area contributed by atoms with Gasteiger partial charge in [-0.3, -0.25) is 4.79 Å². The fraction of sp³-hybridized carbons (Fsp3) is 0.900. The monoisotopic (exact) mass is 215 g/mol. The average molecular weight is 215 g/mol. The van der Waals surface area contributed by atoms with Crippen LogP contribution in [0, 0.1) is 5.41 Å². The van der Waals surface area contributed by atoms with Gasteiger partial charge in [-0.05, 0) is 27.1 Å². The third kappa shape index (κ3) is 3.15. The quantitative estimate of drug-likeness (QED) is 0.559. The number of nitrogens with one attached hydrogen (secondary N) is 1. The predicted molar refractivity (Wildman–Crippen MR) is 58.5 cm³/mol. The van der Waals surface area contributed by atoms with Crippen LogP contribution in [0.15, 0.2) is 0 Å². The second-order valence-corrected chi connectivity index (χ2v) is 4.39. The number of hydrogen-bond acceptors (Lipinski definition) is 4. The zero-order valence-electron chi connectivity index (χ0n) is 9.58. The maximum atomic E-state index is 11.7. The van der Waals surface area contributed by atoms with E-state index in [9.17, 15) is 4.79 Å². The minimum atomic E-state index is -0.446. The van der Waals surface area contributed by atoms with Gasteiger partial charge in [0.15, 0.2) is 0 Å². The predicted octanol–water partition coefficient (Wildman–Crippen LogP) is -0.970. The van der Waals surface area contributed by atoms with Crippen molar-refractivity contribution in [3.63, 3.8) is 0 Å². The van der Waals surface area contributed by atoms with Crippen molar-refractivity contribution >= 4 is 5.91 Å². The highest BCUT2D eigenvalue weighted by molar-refractivity contribution is 5.84. The zero-order chi connectivity index (χ0) is 11.3. The van der Waals surface area contributed by atoms with E-state index in [4.69, 9.17) is 10.5 Å². The van der Waals surface area contributed by atoms with Crippen molar-refractivity contribution in [1.29, 1.82) is 0 Å². The van der Waals surface area contributed by atoms with Crippen molar-refractivity contribution in [1.82, 2.24) is 10.2 Å². The van der Waals surface area contributed by atoms with Crippen molar-refractivity contribution in [2.45, 2.75) is 6.42 Å². The molecular formula is C10H21N3O2. The first-order valence-corrected chi connectivity index (χ1v) is 5.31. The van der Waals surface area contributed by atoms with E-state index in [1.807, 2.05) is 14.1 Å². The third-order valence-electron chi connectivity index (χ3n) is 2.70. The minimum absolute atomic E-state index is 0.0370. The van der Waals surface area contributed by atoms with Crippen LogP contribution < -0.4 is 11.1 Å². The molecule has 0 aromatic rings. The molecule has 0 bridgehead atoms. The molecule has 88 valence electrons. The van der Waals surface area contributed by atoms with Crippen LogP contribution in [0.5, 0.6) is 0 Å². The Bertz CT molecular complexity index is 209. The molecule has 0 aromatic heterocycles. The van der Waals surface area contributed by atoms with E-state index in [-0.39, 0.29) is 5.91 Å². The van der Waals surface area contributed by atoms with Gasteiger partial charge in [0.2, 0.25) is 5.91 Å². The largest absolute Gasteiger partial charge is 0.379 e. The Labute approximate surface area is 90.9 Å². The molecule has 5 heteroatoms. The summed E-state index contributed by atoms with van der Waals surface area (Å²) in [7, 11) is 4.03. The zero-order valence-corrected chi connectivity index (χ0v) is 9.58. The summed E-state index contributed by atoms with van der Waals surface area (Å²) in [4.78, 5) is 13.8. The van der Waals surface area contributed by atoms with Gasteiger partial charge in [-0.1, -0.05) is 0 Å². The van der Waals surface area contributed by atoms with Crippen molar-refractivity contribution in [2.75, 3.05) is 46.9 Å². The van der Waals surface area contributed by atoms with Gasteiger partial charge in [-0.25, -0.2) is 0 Å². The number of rotatable bonds is 6. The standard InChI is InChI=1S/C10H21N3O2/c1-13(2)5-3-4-12-9(14)10(6-11)7-15-8-10/h3-8,11H2,1-2H3,(H,12,14). The topological polar surface area (TPSA) is 67.6 Å². The van der Waals surface area contributed by atoms with Gasteiger partial charge in [-0.2, -0.15) is 0 Å². The number of ether oxygens (including phenoxy) is 1. The highest BCUT2D eigenvalue weighted by Gasteiger charge is 2.44. The van der Waals surface area contributed by atoms with E-state index in [1.54, 1.807) is 0 Å². The lowest BCUT2D eigenvalue weighted by atomic mass is 9.85. The lowest BCUT2D eigenvalue weighted by Gasteiger charge is -2.38. The van der Waals surface area contributed by atoms with E-state index in [0.29, 0.717) is 26.3 Å². The molecule has 1 aliphatic rings. The smallest absolute Gasteiger partial charge is 0.232 e. The molecule has 0 atom stereocenters. The molecular weight excluding hydrogens is 194 g/mol. The molecule has 0 unspecified atom stereocenters. The summed E-state index contributed by atoms with van der Waals surface area (Å²) in [5.41, 5.74) is 5.13. The van der Waals surface area contributed by atoms with Gasteiger partial charge in [0.25, 0.3) is 0 Å². The van der Waals surface area contributed by atoms with Crippen LogP contribution in [-0.2, 0) is 9.53 Å². The Morgan fingerprint density at radius 2 is 2.20 bits per heavy atom. The summed E-state index contributed by atoms with van der Waals surface area (Å²) >= 11 is 0. The Morgan fingerprint density at radius 1 is 1.53 bits per heavy atom. The number of amides is 1.